The first-order chi connectivity index (χ1) is 17.7. The van der Waals surface area contributed by atoms with Crippen molar-refractivity contribution in [2.75, 3.05) is 0 Å². The van der Waals surface area contributed by atoms with E-state index >= 15 is 0 Å². The highest BCUT2D eigenvalue weighted by molar-refractivity contribution is 5.87. The predicted molar refractivity (Wildman–Crippen MR) is 140 cm³/mol. The fourth-order valence-electron chi connectivity index (χ4n) is 5.44. The molecule has 0 radical (unpaired) electrons. The first kappa shape index (κ1) is 24.9. The molecule has 0 saturated heterocycles. The molecular formula is C29H32FN5O2. The summed E-state index contributed by atoms with van der Waals surface area (Å²) in [5.41, 5.74) is 2.41. The topological polar surface area (TPSA) is 84.0 Å². The number of carbonyl (C=O) groups is 1. The zero-order valence-corrected chi connectivity index (χ0v) is 21.6. The minimum Gasteiger partial charge on any atom is -0.444 e. The number of amides is 1. The molecule has 1 saturated carbocycles. The zero-order chi connectivity index (χ0) is 26.2. The van der Waals surface area contributed by atoms with Gasteiger partial charge in [0.25, 0.3) is 0 Å². The van der Waals surface area contributed by atoms with E-state index in [2.05, 4.69) is 32.8 Å². The zero-order valence-electron chi connectivity index (χ0n) is 21.6. The molecule has 1 unspecified atom stereocenters. The highest BCUT2D eigenvalue weighted by Gasteiger charge is 2.38. The summed E-state index contributed by atoms with van der Waals surface area (Å²) >= 11 is 0. The largest absolute Gasteiger partial charge is 0.444 e. The maximum atomic E-state index is 14.6. The van der Waals surface area contributed by atoms with Gasteiger partial charge in [0, 0.05) is 17.0 Å². The van der Waals surface area contributed by atoms with Crippen LogP contribution in [0.2, 0.25) is 0 Å². The molecule has 0 spiro atoms. The van der Waals surface area contributed by atoms with Crippen molar-refractivity contribution < 1.29 is 13.9 Å². The van der Waals surface area contributed by atoms with Crippen LogP contribution < -0.4 is 0 Å². The molecule has 0 bridgehead atoms. The third kappa shape index (κ3) is 5.19. The molecule has 4 aromatic rings. The van der Waals surface area contributed by atoms with Crippen molar-refractivity contribution in [2.45, 2.75) is 70.6 Å². The van der Waals surface area contributed by atoms with Crippen LogP contribution in [0.1, 0.15) is 70.0 Å². The molecule has 3 atom stereocenters. The predicted octanol–water partition coefficient (Wildman–Crippen LogP) is 6.79. The lowest BCUT2D eigenvalue weighted by Crippen LogP contribution is -2.44. The second-order valence-electron chi connectivity index (χ2n) is 10.8. The molecule has 0 aliphatic heterocycles. The Morgan fingerprint density at radius 1 is 1.05 bits per heavy atom. The Hall–Kier alpha value is -3.81. The standard InChI is InChI=1S/C29H32FN5O2/c1-18(23-15-16-26(30)25-8-6-5-7-24(23)25)35(28(36)37-29(2,3)4)22-14-13-21(17-22)19-9-11-20(12-10-19)27-31-33-34-32-27/h5-12,15-16,18,21-22H,13-14,17H2,1-4H3,(H,31,32,33,34)/t18-,21-,22?/m1/s1. The van der Waals surface area contributed by atoms with Gasteiger partial charge in [-0.1, -0.05) is 54.6 Å². The van der Waals surface area contributed by atoms with Gasteiger partial charge in [0.05, 0.1) is 6.04 Å². The van der Waals surface area contributed by atoms with Crippen LogP contribution in [0, 0.1) is 5.82 Å². The molecule has 37 heavy (non-hydrogen) atoms. The van der Waals surface area contributed by atoms with Crippen LogP contribution in [-0.2, 0) is 4.74 Å². The number of benzene rings is 3. The summed E-state index contributed by atoms with van der Waals surface area (Å²) in [7, 11) is 0. The minimum absolute atomic E-state index is 0.00412. The summed E-state index contributed by atoms with van der Waals surface area (Å²) in [6, 6.07) is 18.6. The second-order valence-corrected chi connectivity index (χ2v) is 10.8. The minimum atomic E-state index is -0.622. The quantitative estimate of drug-likeness (QED) is 0.325. The number of rotatable bonds is 5. The van der Waals surface area contributed by atoms with Crippen LogP contribution in [-0.4, -0.2) is 43.3 Å². The summed E-state index contributed by atoms with van der Waals surface area (Å²) < 4.78 is 20.4. The molecule has 8 heteroatoms. The van der Waals surface area contributed by atoms with E-state index < -0.39 is 5.60 Å². The van der Waals surface area contributed by atoms with E-state index in [0.29, 0.717) is 17.1 Å². The van der Waals surface area contributed by atoms with Crippen molar-refractivity contribution in [3.05, 3.63) is 77.6 Å². The van der Waals surface area contributed by atoms with Crippen LogP contribution in [0.25, 0.3) is 22.2 Å². The monoisotopic (exact) mass is 501 g/mol. The molecule has 1 heterocycles. The number of fused-ring (bicyclic) bond motifs is 1. The fraction of sp³-hybridized carbons (Fsp3) is 0.379. The van der Waals surface area contributed by atoms with Gasteiger partial charge >= 0.3 is 6.09 Å². The van der Waals surface area contributed by atoms with Crippen LogP contribution in [0.3, 0.4) is 0 Å². The van der Waals surface area contributed by atoms with Gasteiger partial charge in [0.2, 0.25) is 5.82 Å². The molecule has 1 aromatic heterocycles. The number of aromatic nitrogens is 4. The number of ether oxygens (including phenoxy) is 1. The smallest absolute Gasteiger partial charge is 0.411 e. The summed E-state index contributed by atoms with van der Waals surface area (Å²) in [4.78, 5) is 15.5. The van der Waals surface area contributed by atoms with E-state index in [1.807, 2.05) is 62.9 Å². The van der Waals surface area contributed by atoms with Gasteiger partial charge in [0.15, 0.2) is 0 Å². The average molecular weight is 502 g/mol. The lowest BCUT2D eigenvalue weighted by Gasteiger charge is -2.37. The maximum absolute atomic E-state index is 14.6. The van der Waals surface area contributed by atoms with E-state index in [4.69, 9.17) is 4.74 Å². The molecule has 7 nitrogen and oxygen atoms in total. The lowest BCUT2D eigenvalue weighted by molar-refractivity contribution is 0.00693. The average Bonchev–Trinajstić information content (AvgIpc) is 3.57. The number of aromatic amines is 1. The molecule has 1 aliphatic rings. The Bertz CT molecular complexity index is 1380. The van der Waals surface area contributed by atoms with E-state index in [-0.39, 0.29) is 24.0 Å². The van der Waals surface area contributed by atoms with Crippen molar-refractivity contribution in [2.24, 2.45) is 0 Å². The number of nitrogens with zero attached hydrogens (tertiary/aromatic N) is 4. The van der Waals surface area contributed by atoms with Gasteiger partial charge in [-0.05, 0) is 80.7 Å². The van der Waals surface area contributed by atoms with Crippen molar-refractivity contribution in [3.8, 4) is 11.4 Å². The number of nitrogens with one attached hydrogen (secondary N) is 1. The molecular weight excluding hydrogens is 469 g/mol. The molecule has 1 fully saturated rings. The van der Waals surface area contributed by atoms with Crippen LogP contribution in [0.15, 0.2) is 60.7 Å². The van der Waals surface area contributed by atoms with Gasteiger partial charge in [0.1, 0.15) is 11.4 Å². The summed E-state index contributed by atoms with van der Waals surface area (Å²) in [6.45, 7) is 7.65. The molecule has 1 N–H and O–H groups in total. The van der Waals surface area contributed by atoms with Gasteiger partial charge < -0.3 is 4.74 Å². The van der Waals surface area contributed by atoms with E-state index in [1.165, 1.54) is 11.6 Å². The SMILES string of the molecule is C[C@H](c1ccc(F)c2ccccc12)N(C(=O)OC(C)(C)C)C1CC[C@@H](c2ccc(-c3nn[nH]n3)cc2)C1. The van der Waals surface area contributed by atoms with Gasteiger partial charge in [-0.25, -0.2) is 9.18 Å². The maximum Gasteiger partial charge on any atom is 0.411 e. The van der Waals surface area contributed by atoms with Crippen molar-refractivity contribution >= 4 is 16.9 Å². The normalized spacial score (nSPS) is 18.6. The van der Waals surface area contributed by atoms with Gasteiger partial charge in [-0.15, -0.1) is 10.2 Å². The Balaban J connectivity index is 1.43. The molecule has 1 amide bonds. The van der Waals surface area contributed by atoms with Crippen molar-refractivity contribution in [3.63, 3.8) is 0 Å². The molecule has 3 aromatic carbocycles. The third-order valence-corrected chi connectivity index (χ3v) is 7.16. The lowest BCUT2D eigenvalue weighted by atomic mass is 9.95. The highest BCUT2D eigenvalue weighted by atomic mass is 19.1. The third-order valence-electron chi connectivity index (χ3n) is 7.16. The number of hydrogen-bond acceptors (Lipinski definition) is 5. The van der Waals surface area contributed by atoms with Gasteiger partial charge in [-0.3, -0.25) is 4.90 Å². The van der Waals surface area contributed by atoms with Crippen LogP contribution in [0.5, 0.6) is 0 Å². The number of tetrazole rings is 1. The van der Waals surface area contributed by atoms with Crippen molar-refractivity contribution in [1.29, 1.82) is 0 Å². The first-order valence-corrected chi connectivity index (χ1v) is 12.7. The van der Waals surface area contributed by atoms with E-state index in [0.717, 1.165) is 35.8 Å². The molecule has 1 aliphatic carbocycles. The Morgan fingerprint density at radius 3 is 2.46 bits per heavy atom. The molecule has 5 rings (SSSR count). The number of halogens is 1. The van der Waals surface area contributed by atoms with Crippen LogP contribution >= 0.6 is 0 Å². The Kier molecular flexibility index (Phi) is 6.67. The number of carbonyl (C=O) groups excluding carboxylic acids is 1. The van der Waals surface area contributed by atoms with Gasteiger partial charge in [-0.2, -0.15) is 5.21 Å². The highest BCUT2D eigenvalue weighted by Crippen LogP contribution is 2.41. The second kappa shape index (κ2) is 9.92. The fourth-order valence-corrected chi connectivity index (χ4v) is 5.44. The van der Waals surface area contributed by atoms with E-state index in [1.54, 1.807) is 12.1 Å². The summed E-state index contributed by atoms with van der Waals surface area (Å²) in [5.74, 6) is 0.610. The summed E-state index contributed by atoms with van der Waals surface area (Å²) in [6.07, 6.45) is 2.30. The van der Waals surface area contributed by atoms with E-state index in [9.17, 15) is 9.18 Å². The Morgan fingerprint density at radius 2 is 1.78 bits per heavy atom. The van der Waals surface area contributed by atoms with Crippen molar-refractivity contribution in [1.82, 2.24) is 25.5 Å². The number of hydrogen-bond donors (Lipinski definition) is 1. The summed E-state index contributed by atoms with van der Waals surface area (Å²) in [5, 5.41) is 15.6. The number of H-pyrrole nitrogens is 1. The first-order valence-electron chi connectivity index (χ1n) is 12.7. The molecule has 192 valence electrons. The Labute approximate surface area is 216 Å². The van der Waals surface area contributed by atoms with Crippen LogP contribution in [0.4, 0.5) is 9.18 Å².